The first-order valence-corrected chi connectivity index (χ1v) is 7.62. The Kier molecular flexibility index (Phi) is 5.68. The van der Waals surface area contributed by atoms with Gasteiger partial charge in [0.05, 0.1) is 6.10 Å². The maximum absolute atomic E-state index is 10.1. The van der Waals surface area contributed by atoms with Crippen molar-refractivity contribution in [3.63, 3.8) is 0 Å². The van der Waals surface area contributed by atoms with Crippen LogP contribution in [-0.2, 0) is 6.54 Å². The van der Waals surface area contributed by atoms with E-state index < -0.39 is 0 Å². The fourth-order valence-corrected chi connectivity index (χ4v) is 3.29. The molecule has 2 rings (SSSR count). The second kappa shape index (κ2) is 7.28. The molecule has 0 spiro atoms. The van der Waals surface area contributed by atoms with Crippen molar-refractivity contribution in [3.05, 3.63) is 34.9 Å². The van der Waals surface area contributed by atoms with E-state index in [0.29, 0.717) is 0 Å². The van der Waals surface area contributed by atoms with Gasteiger partial charge in [0.25, 0.3) is 0 Å². The number of hydrogen-bond donors (Lipinski definition) is 1. The summed E-state index contributed by atoms with van der Waals surface area (Å²) in [4.78, 5) is 2.17. The zero-order chi connectivity index (χ0) is 13.7. The SMILES string of the molecule is CN(Cc1cccc(Cl)c1)CC(O)CC1CCCC1. The van der Waals surface area contributed by atoms with Crippen LogP contribution in [0.4, 0.5) is 0 Å². The van der Waals surface area contributed by atoms with Gasteiger partial charge in [-0.25, -0.2) is 0 Å². The molecule has 0 saturated heterocycles. The molecule has 1 N–H and O–H groups in total. The Morgan fingerprint density at radius 1 is 1.37 bits per heavy atom. The molecule has 0 aliphatic heterocycles. The van der Waals surface area contributed by atoms with Crippen molar-refractivity contribution in [3.8, 4) is 0 Å². The van der Waals surface area contributed by atoms with Crippen molar-refractivity contribution in [1.82, 2.24) is 4.90 Å². The van der Waals surface area contributed by atoms with Gasteiger partial charge in [-0.1, -0.05) is 49.4 Å². The van der Waals surface area contributed by atoms with Gasteiger partial charge in [0, 0.05) is 18.1 Å². The summed E-state index contributed by atoms with van der Waals surface area (Å²) in [5.41, 5.74) is 1.20. The molecule has 1 aliphatic carbocycles. The number of halogens is 1. The topological polar surface area (TPSA) is 23.5 Å². The molecule has 1 unspecified atom stereocenters. The molecule has 2 nitrogen and oxygen atoms in total. The van der Waals surface area contributed by atoms with E-state index in [4.69, 9.17) is 11.6 Å². The first-order chi connectivity index (χ1) is 9.13. The Labute approximate surface area is 121 Å². The fourth-order valence-electron chi connectivity index (χ4n) is 3.08. The van der Waals surface area contributed by atoms with Crippen LogP contribution in [-0.4, -0.2) is 29.7 Å². The van der Waals surface area contributed by atoms with Crippen molar-refractivity contribution in [2.75, 3.05) is 13.6 Å². The summed E-state index contributed by atoms with van der Waals surface area (Å²) >= 11 is 5.98. The molecule has 1 atom stereocenters. The molecular formula is C16H24ClNO. The highest BCUT2D eigenvalue weighted by Crippen LogP contribution is 2.28. The maximum Gasteiger partial charge on any atom is 0.0669 e. The Bertz CT molecular complexity index is 390. The number of aliphatic hydroxyl groups is 1. The normalized spacial score (nSPS) is 18.1. The van der Waals surface area contributed by atoms with Crippen LogP contribution in [0.5, 0.6) is 0 Å². The van der Waals surface area contributed by atoms with Crippen LogP contribution in [0.25, 0.3) is 0 Å². The predicted molar refractivity (Wildman–Crippen MR) is 80.4 cm³/mol. The van der Waals surface area contributed by atoms with Gasteiger partial charge >= 0.3 is 0 Å². The Morgan fingerprint density at radius 3 is 2.79 bits per heavy atom. The summed E-state index contributed by atoms with van der Waals surface area (Å²) in [5.74, 6) is 0.745. The largest absolute Gasteiger partial charge is 0.392 e. The number of hydrogen-bond acceptors (Lipinski definition) is 2. The Hall–Kier alpha value is -0.570. The molecule has 0 heterocycles. The van der Waals surface area contributed by atoms with E-state index in [-0.39, 0.29) is 6.10 Å². The minimum absolute atomic E-state index is 0.202. The molecule has 1 aliphatic rings. The first kappa shape index (κ1) is 14.8. The second-order valence-electron chi connectivity index (χ2n) is 5.87. The van der Waals surface area contributed by atoms with Gasteiger partial charge < -0.3 is 5.11 Å². The van der Waals surface area contributed by atoms with Gasteiger partial charge in [0.15, 0.2) is 0 Å². The minimum atomic E-state index is -0.202. The van der Waals surface area contributed by atoms with E-state index >= 15 is 0 Å². The fraction of sp³-hybridized carbons (Fsp3) is 0.625. The molecule has 3 heteroatoms. The Balaban J connectivity index is 1.75. The predicted octanol–water partition coefficient (Wildman–Crippen LogP) is 3.71. The third-order valence-corrected chi connectivity index (χ3v) is 4.18. The maximum atomic E-state index is 10.1. The van der Waals surface area contributed by atoms with Crippen molar-refractivity contribution < 1.29 is 5.11 Å². The van der Waals surface area contributed by atoms with Gasteiger partial charge in [-0.05, 0) is 37.1 Å². The lowest BCUT2D eigenvalue weighted by Gasteiger charge is -2.22. The van der Waals surface area contributed by atoms with E-state index in [9.17, 15) is 5.11 Å². The van der Waals surface area contributed by atoms with Crippen molar-refractivity contribution in [1.29, 1.82) is 0 Å². The highest BCUT2D eigenvalue weighted by molar-refractivity contribution is 6.30. The van der Waals surface area contributed by atoms with E-state index in [1.807, 2.05) is 18.2 Å². The Morgan fingerprint density at radius 2 is 2.11 bits per heavy atom. The lowest BCUT2D eigenvalue weighted by Crippen LogP contribution is -2.30. The lowest BCUT2D eigenvalue weighted by atomic mass is 10.00. The monoisotopic (exact) mass is 281 g/mol. The molecule has 0 aromatic heterocycles. The van der Waals surface area contributed by atoms with Crippen LogP contribution in [0.3, 0.4) is 0 Å². The molecule has 106 valence electrons. The first-order valence-electron chi connectivity index (χ1n) is 7.24. The van der Waals surface area contributed by atoms with Gasteiger partial charge in [-0.2, -0.15) is 0 Å². The summed E-state index contributed by atoms with van der Waals surface area (Å²) < 4.78 is 0. The van der Waals surface area contributed by atoms with Crippen molar-refractivity contribution >= 4 is 11.6 Å². The van der Waals surface area contributed by atoms with Gasteiger partial charge in [0.2, 0.25) is 0 Å². The minimum Gasteiger partial charge on any atom is -0.392 e. The molecule has 1 aromatic rings. The molecular weight excluding hydrogens is 258 g/mol. The number of rotatable bonds is 6. The number of aliphatic hydroxyl groups excluding tert-OH is 1. The number of nitrogens with zero attached hydrogens (tertiary/aromatic N) is 1. The van der Waals surface area contributed by atoms with Gasteiger partial charge in [0.1, 0.15) is 0 Å². The van der Waals surface area contributed by atoms with E-state index in [1.165, 1.54) is 31.2 Å². The smallest absolute Gasteiger partial charge is 0.0669 e. The molecule has 0 amide bonds. The van der Waals surface area contributed by atoms with E-state index in [1.54, 1.807) is 0 Å². The van der Waals surface area contributed by atoms with Crippen LogP contribution in [0.15, 0.2) is 24.3 Å². The quantitative estimate of drug-likeness (QED) is 0.859. The average molecular weight is 282 g/mol. The zero-order valence-electron chi connectivity index (χ0n) is 11.7. The number of benzene rings is 1. The van der Waals surface area contributed by atoms with Crippen LogP contribution >= 0.6 is 11.6 Å². The van der Waals surface area contributed by atoms with E-state index in [0.717, 1.165) is 30.5 Å². The lowest BCUT2D eigenvalue weighted by molar-refractivity contribution is 0.0994. The van der Waals surface area contributed by atoms with Crippen molar-refractivity contribution in [2.24, 2.45) is 5.92 Å². The van der Waals surface area contributed by atoms with Crippen LogP contribution < -0.4 is 0 Å². The van der Waals surface area contributed by atoms with Crippen LogP contribution in [0.2, 0.25) is 5.02 Å². The number of likely N-dealkylation sites (N-methyl/N-ethyl adjacent to an activating group) is 1. The molecule has 1 fully saturated rings. The third-order valence-electron chi connectivity index (χ3n) is 3.94. The zero-order valence-corrected chi connectivity index (χ0v) is 12.4. The third kappa shape index (κ3) is 5.13. The molecule has 0 radical (unpaired) electrons. The summed E-state index contributed by atoms with van der Waals surface area (Å²) in [7, 11) is 2.05. The van der Waals surface area contributed by atoms with Gasteiger partial charge in [-0.15, -0.1) is 0 Å². The summed E-state index contributed by atoms with van der Waals surface area (Å²) in [6.45, 7) is 1.57. The highest BCUT2D eigenvalue weighted by Gasteiger charge is 2.19. The summed E-state index contributed by atoms with van der Waals surface area (Å²) in [5, 5.41) is 10.9. The standard InChI is InChI=1S/C16H24ClNO/c1-18(11-14-7-4-8-15(17)9-14)12-16(19)10-13-5-2-3-6-13/h4,7-9,13,16,19H,2-3,5-6,10-12H2,1H3. The molecule has 1 saturated carbocycles. The molecule has 0 bridgehead atoms. The molecule has 1 aromatic carbocycles. The second-order valence-corrected chi connectivity index (χ2v) is 6.30. The van der Waals surface area contributed by atoms with E-state index in [2.05, 4.69) is 18.0 Å². The average Bonchev–Trinajstić information content (AvgIpc) is 2.81. The highest BCUT2D eigenvalue weighted by atomic mass is 35.5. The van der Waals surface area contributed by atoms with Crippen LogP contribution in [0, 0.1) is 5.92 Å². The van der Waals surface area contributed by atoms with Crippen LogP contribution in [0.1, 0.15) is 37.7 Å². The summed E-state index contributed by atoms with van der Waals surface area (Å²) in [6, 6.07) is 7.92. The van der Waals surface area contributed by atoms with Gasteiger partial charge in [-0.3, -0.25) is 4.90 Å². The molecule has 19 heavy (non-hydrogen) atoms. The summed E-state index contributed by atoms with van der Waals surface area (Å²) in [6.07, 6.45) is 6.04. The van der Waals surface area contributed by atoms with Crippen molar-refractivity contribution in [2.45, 2.75) is 44.8 Å².